The number of aryl methyl sites for hydroxylation is 2. The molecular weight excluding hydrogens is 204 g/mol. The van der Waals surface area contributed by atoms with Crippen molar-refractivity contribution in [3.05, 3.63) is 18.0 Å². The predicted octanol–water partition coefficient (Wildman–Crippen LogP) is 1.74. The average molecular weight is 224 g/mol. The molecule has 1 aromatic heterocycles. The fourth-order valence-electron chi connectivity index (χ4n) is 1.25. The van der Waals surface area contributed by atoms with Gasteiger partial charge >= 0.3 is 0 Å². The van der Waals surface area contributed by atoms with Crippen LogP contribution in [0.3, 0.4) is 0 Å². The number of hydrogen-bond donors (Lipinski definition) is 0. The Labute approximate surface area is 96.6 Å². The minimum atomic E-state index is -0.246. The van der Waals surface area contributed by atoms with Crippen molar-refractivity contribution in [1.82, 2.24) is 9.78 Å². The van der Waals surface area contributed by atoms with E-state index in [1.54, 1.807) is 10.9 Å². The zero-order valence-corrected chi connectivity index (χ0v) is 10.5. The van der Waals surface area contributed by atoms with Crippen molar-refractivity contribution in [2.24, 2.45) is 7.05 Å². The Morgan fingerprint density at radius 3 is 2.69 bits per heavy atom. The molecule has 0 bridgehead atoms. The van der Waals surface area contributed by atoms with Gasteiger partial charge in [-0.3, -0.25) is 9.48 Å². The molecule has 0 aliphatic carbocycles. The highest BCUT2D eigenvalue weighted by atomic mass is 16.5. The number of ketones is 1. The summed E-state index contributed by atoms with van der Waals surface area (Å²) in [5, 5.41) is 4.05. The quantitative estimate of drug-likeness (QED) is 0.765. The molecule has 0 aliphatic heterocycles. The third-order valence-electron chi connectivity index (χ3n) is 2.12. The molecule has 1 heterocycles. The molecule has 4 heteroatoms. The van der Waals surface area contributed by atoms with E-state index in [1.165, 1.54) is 0 Å². The lowest BCUT2D eigenvalue weighted by atomic mass is 10.1. The minimum absolute atomic E-state index is 0.138. The number of aromatic nitrogens is 2. The molecule has 16 heavy (non-hydrogen) atoms. The maximum atomic E-state index is 11.5. The molecule has 0 aliphatic rings. The monoisotopic (exact) mass is 224 g/mol. The second kappa shape index (κ2) is 5.25. The summed E-state index contributed by atoms with van der Waals surface area (Å²) < 4.78 is 7.16. The molecule has 4 nitrogen and oxygen atoms in total. The average Bonchev–Trinajstić information content (AvgIpc) is 2.57. The van der Waals surface area contributed by atoms with E-state index >= 15 is 0 Å². The topological polar surface area (TPSA) is 44.1 Å². The molecule has 1 aromatic rings. The standard InChI is InChI=1S/C12H20N2O2/c1-12(2,3)16-9-11(15)6-5-10-7-13-14(4)8-10/h7-8H,5-6,9H2,1-4H3. The summed E-state index contributed by atoms with van der Waals surface area (Å²) in [5.41, 5.74) is 0.843. The molecule has 0 fully saturated rings. The largest absolute Gasteiger partial charge is 0.368 e. The molecule has 0 saturated heterocycles. The third-order valence-corrected chi connectivity index (χ3v) is 2.12. The molecule has 0 radical (unpaired) electrons. The molecule has 0 atom stereocenters. The van der Waals surface area contributed by atoms with Crippen molar-refractivity contribution in [3.8, 4) is 0 Å². The van der Waals surface area contributed by atoms with Gasteiger partial charge in [0.2, 0.25) is 0 Å². The lowest BCUT2D eigenvalue weighted by molar-refractivity contribution is -0.128. The van der Waals surface area contributed by atoms with Crippen LogP contribution in [0.25, 0.3) is 0 Å². The Bertz CT molecular complexity index is 350. The van der Waals surface area contributed by atoms with Crippen LogP contribution in [-0.4, -0.2) is 27.8 Å². The van der Waals surface area contributed by atoms with E-state index in [0.29, 0.717) is 6.42 Å². The van der Waals surface area contributed by atoms with Gasteiger partial charge in [-0.2, -0.15) is 5.10 Å². The van der Waals surface area contributed by atoms with E-state index in [4.69, 9.17) is 4.74 Å². The summed E-state index contributed by atoms with van der Waals surface area (Å²) >= 11 is 0. The van der Waals surface area contributed by atoms with Crippen molar-refractivity contribution in [2.45, 2.75) is 39.2 Å². The van der Waals surface area contributed by atoms with Crippen molar-refractivity contribution < 1.29 is 9.53 Å². The number of ether oxygens (including phenoxy) is 1. The molecular formula is C12H20N2O2. The highest BCUT2D eigenvalue weighted by Gasteiger charge is 2.12. The Morgan fingerprint density at radius 1 is 1.50 bits per heavy atom. The molecule has 0 N–H and O–H groups in total. The van der Waals surface area contributed by atoms with Gasteiger partial charge in [-0.15, -0.1) is 0 Å². The SMILES string of the molecule is Cn1cc(CCC(=O)COC(C)(C)C)cn1. The summed E-state index contributed by atoms with van der Waals surface area (Å²) in [6.45, 7) is 6.04. The lowest BCUT2D eigenvalue weighted by Gasteiger charge is -2.18. The first-order chi connectivity index (χ1) is 7.37. The first kappa shape index (κ1) is 12.9. The van der Waals surface area contributed by atoms with Crippen LogP contribution in [0.4, 0.5) is 0 Å². The Hall–Kier alpha value is -1.16. The number of carbonyl (C=O) groups excluding carboxylic acids is 1. The number of rotatable bonds is 5. The van der Waals surface area contributed by atoms with Crippen LogP contribution in [0.2, 0.25) is 0 Å². The van der Waals surface area contributed by atoms with E-state index in [2.05, 4.69) is 5.10 Å². The van der Waals surface area contributed by atoms with Crippen molar-refractivity contribution >= 4 is 5.78 Å². The maximum Gasteiger partial charge on any atom is 0.158 e. The van der Waals surface area contributed by atoms with E-state index in [1.807, 2.05) is 34.0 Å². The van der Waals surface area contributed by atoms with Crippen LogP contribution >= 0.6 is 0 Å². The summed E-state index contributed by atoms with van der Waals surface area (Å²) in [5.74, 6) is 0.138. The summed E-state index contributed by atoms with van der Waals surface area (Å²) in [6, 6.07) is 0. The van der Waals surface area contributed by atoms with Crippen LogP contribution in [-0.2, 0) is 23.0 Å². The number of Topliss-reactive ketones (excluding diaryl/α,β-unsaturated/α-hetero) is 1. The smallest absolute Gasteiger partial charge is 0.158 e. The van der Waals surface area contributed by atoms with Crippen LogP contribution < -0.4 is 0 Å². The van der Waals surface area contributed by atoms with Gasteiger partial charge in [-0.05, 0) is 32.8 Å². The summed E-state index contributed by atoms with van der Waals surface area (Å²) in [6.07, 6.45) is 4.97. The lowest BCUT2D eigenvalue weighted by Crippen LogP contribution is -2.23. The van der Waals surface area contributed by atoms with Crippen LogP contribution in [0.15, 0.2) is 12.4 Å². The Morgan fingerprint density at radius 2 is 2.19 bits per heavy atom. The molecule has 0 amide bonds. The first-order valence-corrected chi connectivity index (χ1v) is 5.50. The normalized spacial score (nSPS) is 11.8. The zero-order chi connectivity index (χ0) is 12.2. The molecule has 0 saturated carbocycles. The van der Waals surface area contributed by atoms with E-state index in [9.17, 15) is 4.79 Å². The van der Waals surface area contributed by atoms with Gasteiger partial charge < -0.3 is 4.74 Å². The van der Waals surface area contributed by atoms with Crippen LogP contribution in [0, 0.1) is 0 Å². The predicted molar refractivity (Wildman–Crippen MR) is 62.2 cm³/mol. The number of hydrogen-bond acceptors (Lipinski definition) is 3. The maximum absolute atomic E-state index is 11.5. The van der Waals surface area contributed by atoms with E-state index in [-0.39, 0.29) is 18.0 Å². The van der Waals surface area contributed by atoms with Gasteiger partial charge in [-0.1, -0.05) is 0 Å². The fourth-order valence-corrected chi connectivity index (χ4v) is 1.25. The van der Waals surface area contributed by atoms with Crippen molar-refractivity contribution in [3.63, 3.8) is 0 Å². The van der Waals surface area contributed by atoms with Crippen LogP contribution in [0.5, 0.6) is 0 Å². The van der Waals surface area contributed by atoms with Crippen molar-refractivity contribution in [2.75, 3.05) is 6.61 Å². The highest BCUT2D eigenvalue weighted by Crippen LogP contribution is 2.07. The number of carbonyl (C=O) groups is 1. The minimum Gasteiger partial charge on any atom is -0.368 e. The highest BCUT2D eigenvalue weighted by molar-refractivity contribution is 5.79. The fraction of sp³-hybridized carbons (Fsp3) is 0.667. The molecule has 90 valence electrons. The van der Waals surface area contributed by atoms with E-state index < -0.39 is 0 Å². The number of nitrogens with zero attached hydrogens (tertiary/aromatic N) is 2. The molecule has 0 spiro atoms. The van der Waals surface area contributed by atoms with Gasteiger partial charge in [0.25, 0.3) is 0 Å². The Kier molecular flexibility index (Phi) is 4.24. The van der Waals surface area contributed by atoms with Gasteiger partial charge in [0.05, 0.1) is 11.8 Å². The third kappa shape index (κ3) is 5.07. The van der Waals surface area contributed by atoms with E-state index in [0.717, 1.165) is 12.0 Å². The molecule has 0 aromatic carbocycles. The van der Waals surface area contributed by atoms with Crippen molar-refractivity contribution in [1.29, 1.82) is 0 Å². The van der Waals surface area contributed by atoms with Crippen LogP contribution in [0.1, 0.15) is 32.8 Å². The second-order valence-corrected chi connectivity index (χ2v) is 4.96. The Balaban J connectivity index is 2.25. The van der Waals surface area contributed by atoms with Gasteiger partial charge in [0, 0.05) is 19.7 Å². The second-order valence-electron chi connectivity index (χ2n) is 4.96. The van der Waals surface area contributed by atoms with Gasteiger partial charge in [-0.25, -0.2) is 0 Å². The van der Waals surface area contributed by atoms with Gasteiger partial charge in [0.15, 0.2) is 5.78 Å². The van der Waals surface area contributed by atoms with Gasteiger partial charge in [0.1, 0.15) is 6.61 Å². The summed E-state index contributed by atoms with van der Waals surface area (Å²) in [7, 11) is 1.87. The summed E-state index contributed by atoms with van der Waals surface area (Å²) in [4.78, 5) is 11.5. The first-order valence-electron chi connectivity index (χ1n) is 5.50. The molecule has 1 rings (SSSR count). The zero-order valence-electron chi connectivity index (χ0n) is 10.5. The molecule has 0 unspecified atom stereocenters.